The van der Waals surface area contributed by atoms with Gasteiger partial charge in [0.25, 0.3) is 0 Å². The molecule has 22 heavy (non-hydrogen) atoms. The van der Waals surface area contributed by atoms with Gasteiger partial charge >= 0.3 is 0 Å². The molecule has 0 atom stereocenters. The first-order chi connectivity index (χ1) is 10.4. The standard InChI is InChI=1S/C16H20Cl2N2O2/c1-10(2)16(22)20-5-3-11(4-6-20)15(21)19-14-8-12(17)7-13(18)9-14/h7-11H,3-6H2,1-2H3,(H,19,21). The Morgan fingerprint density at radius 3 is 2.18 bits per heavy atom. The Balaban J connectivity index is 1.91. The van der Waals surface area contributed by atoms with Crippen molar-refractivity contribution in [2.24, 2.45) is 11.8 Å². The van der Waals surface area contributed by atoms with Gasteiger partial charge in [0.05, 0.1) is 0 Å². The number of rotatable bonds is 3. The molecule has 2 amide bonds. The van der Waals surface area contributed by atoms with Gasteiger partial charge in [0.15, 0.2) is 0 Å². The molecule has 1 aliphatic rings. The first-order valence-electron chi connectivity index (χ1n) is 7.42. The second-order valence-electron chi connectivity index (χ2n) is 5.90. The predicted octanol–water partition coefficient (Wildman–Crippen LogP) is 3.83. The van der Waals surface area contributed by atoms with E-state index in [1.165, 1.54) is 0 Å². The Labute approximate surface area is 140 Å². The second-order valence-corrected chi connectivity index (χ2v) is 6.77. The highest BCUT2D eigenvalue weighted by molar-refractivity contribution is 6.35. The van der Waals surface area contributed by atoms with Crippen LogP contribution < -0.4 is 5.32 Å². The average molecular weight is 343 g/mol. The molecule has 1 heterocycles. The molecule has 0 aromatic heterocycles. The molecule has 0 unspecified atom stereocenters. The van der Waals surface area contributed by atoms with Crippen molar-refractivity contribution in [1.82, 2.24) is 4.90 Å². The zero-order chi connectivity index (χ0) is 16.3. The lowest BCUT2D eigenvalue weighted by Crippen LogP contribution is -2.43. The molecule has 0 saturated carbocycles. The number of benzene rings is 1. The Bertz CT molecular complexity index is 547. The first kappa shape index (κ1) is 17.1. The van der Waals surface area contributed by atoms with E-state index in [1.807, 2.05) is 18.7 Å². The molecular formula is C16H20Cl2N2O2. The largest absolute Gasteiger partial charge is 0.342 e. The van der Waals surface area contributed by atoms with Crippen LogP contribution in [0.5, 0.6) is 0 Å². The molecule has 0 spiro atoms. The van der Waals surface area contributed by atoms with Crippen LogP contribution in [0.2, 0.25) is 10.0 Å². The summed E-state index contributed by atoms with van der Waals surface area (Å²) in [6.45, 7) is 5.05. The molecule has 1 aromatic rings. The van der Waals surface area contributed by atoms with E-state index in [2.05, 4.69) is 5.32 Å². The van der Waals surface area contributed by atoms with Crippen molar-refractivity contribution < 1.29 is 9.59 Å². The molecule has 1 fully saturated rings. The number of anilines is 1. The minimum atomic E-state index is -0.0889. The molecular weight excluding hydrogens is 323 g/mol. The predicted molar refractivity (Wildman–Crippen MR) is 89.2 cm³/mol. The van der Waals surface area contributed by atoms with Crippen molar-refractivity contribution in [2.75, 3.05) is 18.4 Å². The number of piperidine rings is 1. The zero-order valence-corrected chi connectivity index (χ0v) is 14.2. The van der Waals surface area contributed by atoms with E-state index in [0.29, 0.717) is 41.7 Å². The highest BCUT2D eigenvalue weighted by Crippen LogP contribution is 2.25. The van der Waals surface area contributed by atoms with Crippen LogP contribution in [0.15, 0.2) is 18.2 Å². The number of carbonyl (C=O) groups excluding carboxylic acids is 2. The first-order valence-corrected chi connectivity index (χ1v) is 8.18. The molecule has 0 aliphatic carbocycles. The third-order valence-electron chi connectivity index (χ3n) is 3.80. The molecule has 1 saturated heterocycles. The molecule has 4 nitrogen and oxygen atoms in total. The molecule has 0 bridgehead atoms. The summed E-state index contributed by atoms with van der Waals surface area (Å²) in [5.41, 5.74) is 0.600. The summed E-state index contributed by atoms with van der Waals surface area (Å²) in [4.78, 5) is 26.1. The number of nitrogens with zero attached hydrogens (tertiary/aromatic N) is 1. The van der Waals surface area contributed by atoms with Gasteiger partial charge in [-0.15, -0.1) is 0 Å². The lowest BCUT2D eigenvalue weighted by molar-refractivity contribution is -0.137. The van der Waals surface area contributed by atoms with E-state index >= 15 is 0 Å². The Morgan fingerprint density at radius 2 is 1.68 bits per heavy atom. The molecule has 2 rings (SSSR count). The minimum Gasteiger partial charge on any atom is -0.342 e. The highest BCUT2D eigenvalue weighted by Gasteiger charge is 2.28. The summed E-state index contributed by atoms with van der Waals surface area (Å²) < 4.78 is 0. The molecule has 1 aromatic carbocycles. The fourth-order valence-electron chi connectivity index (χ4n) is 2.60. The van der Waals surface area contributed by atoms with Crippen molar-refractivity contribution >= 4 is 40.7 Å². The number of halogens is 2. The Kier molecular flexibility index (Phi) is 5.70. The van der Waals surface area contributed by atoms with Crippen LogP contribution in [0.4, 0.5) is 5.69 Å². The summed E-state index contributed by atoms with van der Waals surface area (Å²) in [5, 5.41) is 3.82. The summed E-state index contributed by atoms with van der Waals surface area (Å²) in [6.07, 6.45) is 1.36. The van der Waals surface area contributed by atoms with E-state index in [0.717, 1.165) is 0 Å². The summed E-state index contributed by atoms with van der Waals surface area (Å²) in [6, 6.07) is 4.96. The summed E-state index contributed by atoms with van der Waals surface area (Å²) in [7, 11) is 0. The van der Waals surface area contributed by atoms with E-state index in [9.17, 15) is 9.59 Å². The lowest BCUT2D eigenvalue weighted by atomic mass is 9.95. The number of hydrogen-bond acceptors (Lipinski definition) is 2. The SMILES string of the molecule is CC(C)C(=O)N1CCC(C(=O)Nc2cc(Cl)cc(Cl)c2)CC1. The van der Waals surface area contributed by atoms with Gasteiger partial charge in [0, 0.05) is 40.7 Å². The number of nitrogens with one attached hydrogen (secondary N) is 1. The van der Waals surface area contributed by atoms with Crippen LogP contribution in [0.3, 0.4) is 0 Å². The normalized spacial score (nSPS) is 16.0. The average Bonchev–Trinajstić information content (AvgIpc) is 2.45. The van der Waals surface area contributed by atoms with E-state index in [1.54, 1.807) is 18.2 Å². The van der Waals surface area contributed by atoms with Gasteiger partial charge in [-0.05, 0) is 31.0 Å². The van der Waals surface area contributed by atoms with Gasteiger partial charge in [0.2, 0.25) is 11.8 Å². The van der Waals surface area contributed by atoms with Crippen molar-refractivity contribution in [3.8, 4) is 0 Å². The number of hydrogen-bond donors (Lipinski definition) is 1. The van der Waals surface area contributed by atoms with Gasteiger partial charge in [-0.2, -0.15) is 0 Å². The van der Waals surface area contributed by atoms with Gasteiger partial charge in [-0.1, -0.05) is 37.0 Å². The highest BCUT2D eigenvalue weighted by atomic mass is 35.5. The maximum absolute atomic E-state index is 12.3. The number of carbonyl (C=O) groups is 2. The number of likely N-dealkylation sites (tertiary alicyclic amines) is 1. The Hall–Kier alpha value is -1.26. The van der Waals surface area contributed by atoms with Crippen LogP contribution in [0.25, 0.3) is 0 Å². The van der Waals surface area contributed by atoms with E-state index < -0.39 is 0 Å². The van der Waals surface area contributed by atoms with Crippen molar-refractivity contribution in [1.29, 1.82) is 0 Å². The van der Waals surface area contributed by atoms with E-state index in [-0.39, 0.29) is 23.7 Å². The quantitative estimate of drug-likeness (QED) is 0.907. The van der Waals surface area contributed by atoms with Gasteiger partial charge in [0.1, 0.15) is 0 Å². The van der Waals surface area contributed by atoms with Crippen LogP contribution in [-0.2, 0) is 9.59 Å². The number of amides is 2. The Morgan fingerprint density at radius 1 is 1.14 bits per heavy atom. The maximum Gasteiger partial charge on any atom is 0.227 e. The van der Waals surface area contributed by atoms with E-state index in [4.69, 9.17) is 23.2 Å². The lowest BCUT2D eigenvalue weighted by Gasteiger charge is -2.32. The molecule has 1 aliphatic heterocycles. The molecule has 6 heteroatoms. The minimum absolute atomic E-state index is 0.000945. The second kappa shape index (κ2) is 7.34. The van der Waals surface area contributed by atoms with Crippen LogP contribution >= 0.6 is 23.2 Å². The monoisotopic (exact) mass is 342 g/mol. The molecule has 1 N–H and O–H groups in total. The summed E-state index contributed by atoms with van der Waals surface area (Å²) in [5.74, 6) is 0.0170. The van der Waals surface area contributed by atoms with Crippen LogP contribution in [-0.4, -0.2) is 29.8 Å². The van der Waals surface area contributed by atoms with Gasteiger partial charge in [-0.3, -0.25) is 9.59 Å². The molecule has 0 radical (unpaired) electrons. The van der Waals surface area contributed by atoms with Crippen molar-refractivity contribution in [3.05, 3.63) is 28.2 Å². The maximum atomic E-state index is 12.3. The van der Waals surface area contributed by atoms with Crippen molar-refractivity contribution in [2.45, 2.75) is 26.7 Å². The smallest absolute Gasteiger partial charge is 0.227 e. The summed E-state index contributed by atoms with van der Waals surface area (Å²) >= 11 is 11.8. The third kappa shape index (κ3) is 4.37. The van der Waals surface area contributed by atoms with Gasteiger partial charge in [-0.25, -0.2) is 0 Å². The van der Waals surface area contributed by atoms with Crippen LogP contribution in [0, 0.1) is 11.8 Å². The van der Waals surface area contributed by atoms with Crippen molar-refractivity contribution in [3.63, 3.8) is 0 Å². The molecule has 120 valence electrons. The third-order valence-corrected chi connectivity index (χ3v) is 4.24. The van der Waals surface area contributed by atoms with Gasteiger partial charge < -0.3 is 10.2 Å². The zero-order valence-electron chi connectivity index (χ0n) is 12.7. The fourth-order valence-corrected chi connectivity index (χ4v) is 3.12. The topological polar surface area (TPSA) is 49.4 Å². The fraction of sp³-hybridized carbons (Fsp3) is 0.500. The van der Waals surface area contributed by atoms with Crippen LogP contribution in [0.1, 0.15) is 26.7 Å².